The summed E-state index contributed by atoms with van der Waals surface area (Å²) in [7, 11) is 0. The number of nitrogens with zero attached hydrogens (tertiary/aromatic N) is 1. The molecule has 1 fully saturated rings. The van der Waals surface area contributed by atoms with Gasteiger partial charge in [-0.25, -0.2) is 4.39 Å². The van der Waals surface area contributed by atoms with Crippen LogP contribution in [-0.4, -0.2) is 30.6 Å². The molecule has 0 spiro atoms. The van der Waals surface area contributed by atoms with E-state index in [-0.39, 0.29) is 5.82 Å². The molecule has 0 atom stereocenters. The first kappa shape index (κ1) is 16.3. The molecule has 23 heavy (non-hydrogen) atoms. The van der Waals surface area contributed by atoms with Gasteiger partial charge in [0, 0.05) is 36.4 Å². The third-order valence-corrected chi connectivity index (χ3v) is 4.65. The monoisotopic (exact) mass is 332 g/mol. The van der Waals surface area contributed by atoms with Crippen molar-refractivity contribution in [2.75, 3.05) is 25.0 Å². The fourth-order valence-electron chi connectivity index (χ4n) is 3.05. The molecule has 2 aromatic rings. The first-order chi connectivity index (χ1) is 11.2. The van der Waals surface area contributed by atoms with Gasteiger partial charge in [0.1, 0.15) is 5.82 Å². The van der Waals surface area contributed by atoms with Crippen LogP contribution in [0.2, 0.25) is 5.02 Å². The molecule has 0 aromatic heterocycles. The maximum atomic E-state index is 12.9. The normalized spacial score (nSPS) is 16.4. The van der Waals surface area contributed by atoms with Gasteiger partial charge in [0.25, 0.3) is 0 Å². The van der Waals surface area contributed by atoms with Gasteiger partial charge in [0.2, 0.25) is 0 Å². The minimum Gasteiger partial charge on any atom is -0.382 e. The van der Waals surface area contributed by atoms with Crippen molar-refractivity contribution in [3.63, 3.8) is 0 Å². The Morgan fingerprint density at radius 2 is 1.83 bits per heavy atom. The van der Waals surface area contributed by atoms with E-state index in [4.69, 9.17) is 11.6 Å². The molecule has 2 aromatic carbocycles. The van der Waals surface area contributed by atoms with Gasteiger partial charge in [-0.05, 0) is 55.2 Å². The van der Waals surface area contributed by atoms with Gasteiger partial charge < -0.3 is 10.2 Å². The molecule has 2 nitrogen and oxygen atoms in total. The molecule has 0 saturated carbocycles. The van der Waals surface area contributed by atoms with Crippen LogP contribution in [0.25, 0.3) is 0 Å². The van der Waals surface area contributed by atoms with E-state index in [0.717, 1.165) is 49.6 Å². The molecule has 1 heterocycles. The van der Waals surface area contributed by atoms with Crippen molar-refractivity contribution in [1.82, 2.24) is 4.90 Å². The summed E-state index contributed by atoms with van der Waals surface area (Å²) in [4.78, 5) is 2.49. The van der Waals surface area contributed by atoms with Gasteiger partial charge >= 0.3 is 0 Å². The summed E-state index contributed by atoms with van der Waals surface area (Å²) in [5.41, 5.74) is 2.30. The minimum atomic E-state index is -0.165. The van der Waals surface area contributed by atoms with Crippen molar-refractivity contribution >= 4 is 17.3 Å². The van der Waals surface area contributed by atoms with Crippen LogP contribution in [-0.2, 0) is 6.42 Å². The molecule has 122 valence electrons. The zero-order valence-electron chi connectivity index (χ0n) is 13.1. The average Bonchev–Trinajstić information content (AvgIpc) is 2.56. The third kappa shape index (κ3) is 4.95. The highest BCUT2D eigenvalue weighted by Gasteiger charge is 2.18. The van der Waals surface area contributed by atoms with Gasteiger partial charge in [0.05, 0.1) is 0 Å². The molecule has 1 aliphatic heterocycles. The van der Waals surface area contributed by atoms with Crippen LogP contribution in [0.5, 0.6) is 0 Å². The molecule has 1 N–H and O–H groups in total. The van der Waals surface area contributed by atoms with Crippen LogP contribution in [0, 0.1) is 5.82 Å². The van der Waals surface area contributed by atoms with Gasteiger partial charge in [-0.15, -0.1) is 0 Å². The second kappa shape index (κ2) is 7.80. The highest BCUT2D eigenvalue weighted by atomic mass is 35.5. The predicted octanol–water partition coefficient (Wildman–Crippen LogP) is 4.60. The highest BCUT2D eigenvalue weighted by Crippen LogP contribution is 2.20. The SMILES string of the molecule is Fc1ccc(CCN2CCC(Nc3cccc(Cl)c3)CC2)cc1. The van der Waals surface area contributed by atoms with Crippen molar-refractivity contribution in [2.45, 2.75) is 25.3 Å². The van der Waals surface area contributed by atoms with E-state index in [9.17, 15) is 4.39 Å². The maximum Gasteiger partial charge on any atom is 0.123 e. The number of nitrogens with one attached hydrogen (secondary N) is 1. The number of rotatable bonds is 5. The summed E-state index contributed by atoms with van der Waals surface area (Å²) < 4.78 is 12.9. The van der Waals surface area contributed by atoms with E-state index in [1.165, 1.54) is 17.7 Å². The Labute approximate surface area is 142 Å². The number of hydrogen-bond donors (Lipinski definition) is 1. The van der Waals surface area contributed by atoms with Crippen LogP contribution in [0.1, 0.15) is 18.4 Å². The first-order valence-electron chi connectivity index (χ1n) is 8.18. The Balaban J connectivity index is 1.42. The lowest BCUT2D eigenvalue weighted by Crippen LogP contribution is -2.40. The molecule has 0 unspecified atom stereocenters. The van der Waals surface area contributed by atoms with Crippen molar-refractivity contribution < 1.29 is 4.39 Å². The number of likely N-dealkylation sites (tertiary alicyclic amines) is 1. The number of benzene rings is 2. The number of hydrogen-bond acceptors (Lipinski definition) is 2. The van der Waals surface area contributed by atoms with Crippen LogP contribution < -0.4 is 5.32 Å². The molecule has 1 aliphatic rings. The summed E-state index contributed by atoms with van der Waals surface area (Å²) in [6.07, 6.45) is 3.25. The molecule has 0 bridgehead atoms. The van der Waals surface area contributed by atoms with Gasteiger partial charge in [-0.1, -0.05) is 29.8 Å². The van der Waals surface area contributed by atoms with Crippen molar-refractivity contribution in [1.29, 1.82) is 0 Å². The second-order valence-corrected chi connectivity index (χ2v) is 6.58. The van der Waals surface area contributed by atoms with Gasteiger partial charge in [0.15, 0.2) is 0 Å². The molecular formula is C19H22ClFN2. The van der Waals surface area contributed by atoms with Crippen LogP contribution >= 0.6 is 11.6 Å². The predicted molar refractivity (Wildman–Crippen MR) is 94.6 cm³/mol. The second-order valence-electron chi connectivity index (χ2n) is 6.15. The maximum absolute atomic E-state index is 12.9. The zero-order valence-corrected chi connectivity index (χ0v) is 13.9. The van der Waals surface area contributed by atoms with E-state index < -0.39 is 0 Å². The molecule has 0 aliphatic carbocycles. The Bertz CT molecular complexity index is 622. The van der Waals surface area contributed by atoms with Gasteiger partial charge in [-0.2, -0.15) is 0 Å². The highest BCUT2D eigenvalue weighted by molar-refractivity contribution is 6.30. The topological polar surface area (TPSA) is 15.3 Å². The quantitative estimate of drug-likeness (QED) is 0.861. The van der Waals surface area contributed by atoms with E-state index >= 15 is 0 Å². The van der Waals surface area contributed by atoms with E-state index in [1.807, 2.05) is 30.3 Å². The van der Waals surface area contributed by atoms with Crippen LogP contribution in [0.3, 0.4) is 0 Å². The average molecular weight is 333 g/mol. The lowest BCUT2D eigenvalue weighted by molar-refractivity contribution is 0.221. The Hall–Kier alpha value is -1.58. The Morgan fingerprint density at radius 1 is 1.09 bits per heavy atom. The molecular weight excluding hydrogens is 311 g/mol. The zero-order chi connectivity index (χ0) is 16.1. The van der Waals surface area contributed by atoms with Crippen molar-refractivity contribution in [2.24, 2.45) is 0 Å². The number of anilines is 1. The van der Waals surface area contributed by atoms with Crippen LogP contribution in [0.4, 0.5) is 10.1 Å². The summed E-state index contributed by atoms with van der Waals surface area (Å²) in [5, 5.41) is 4.34. The summed E-state index contributed by atoms with van der Waals surface area (Å²) in [6.45, 7) is 3.23. The number of piperidine rings is 1. The summed E-state index contributed by atoms with van der Waals surface area (Å²) >= 11 is 6.02. The lowest BCUT2D eigenvalue weighted by atomic mass is 10.0. The lowest BCUT2D eigenvalue weighted by Gasteiger charge is -2.33. The van der Waals surface area contributed by atoms with Crippen LogP contribution in [0.15, 0.2) is 48.5 Å². The molecule has 0 radical (unpaired) electrons. The fraction of sp³-hybridized carbons (Fsp3) is 0.368. The van der Waals surface area contributed by atoms with Crippen molar-refractivity contribution in [3.05, 3.63) is 64.9 Å². The Kier molecular flexibility index (Phi) is 5.52. The van der Waals surface area contributed by atoms with E-state index in [2.05, 4.69) is 16.3 Å². The van der Waals surface area contributed by atoms with E-state index in [0.29, 0.717) is 6.04 Å². The summed E-state index contributed by atoms with van der Waals surface area (Å²) in [6, 6.07) is 15.2. The molecule has 4 heteroatoms. The van der Waals surface area contributed by atoms with E-state index in [1.54, 1.807) is 0 Å². The smallest absolute Gasteiger partial charge is 0.123 e. The summed E-state index contributed by atoms with van der Waals surface area (Å²) in [5.74, 6) is -0.165. The molecule has 0 amide bonds. The first-order valence-corrected chi connectivity index (χ1v) is 8.56. The third-order valence-electron chi connectivity index (χ3n) is 4.41. The number of halogens is 2. The standard InChI is InChI=1S/C19H22ClFN2/c20-16-2-1-3-19(14-16)22-18-9-12-23(13-10-18)11-8-15-4-6-17(21)7-5-15/h1-7,14,18,22H,8-13H2. The van der Waals surface area contributed by atoms with Gasteiger partial charge in [-0.3, -0.25) is 0 Å². The molecule has 1 saturated heterocycles. The largest absolute Gasteiger partial charge is 0.382 e. The Morgan fingerprint density at radius 3 is 2.52 bits per heavy atom. The minimum absolute atomic E-state index is 0.165. The molecule has 3 rings (SSSR count). The fourth-order valence-corrected chi connectivity index (χ4v) is 3.24. The van der Waals surface area contributed by atoms with Crippen molar-refractivity contribution in [3.8, 4) is 0 Å².